The van der Waals surface area contributed by atoms with Crippen molar-refractivity contribution in [3.8, 4) is 0 Å². The van der Waals surface area contributed by atoms with Crippen molar-refractivity contribution in [3.05, 3.63) is 94.7 Å². The molecule has 7 heteroatoms. The first-order chi connectivity index (χ1) is 16.6. The van der Waals surface area contributed by atoms with E-state index in [2.05, 4.69) is 69.4 Å². The lowest BCUT2D eigenvalue weighted by molar-refractivity contribution is -0.124. The van der Waals surface area contributed by atoms with E-state index in [1.54, 1.807) is 17.9 Å². The molecule has 0 fully saturated rings. The molecule has 4 aromatic rings. The molecule has 1 unspecified atom stereocenters. The van der Waals surface area contributed by atoms with Crippen molar-refractivity contribution >= 4 is 22.9 Å². The molecule has 2 heterocycles. The van der Waals surface area contributed by atoms with Crippen LogP contribution in [0.5, 0.6) is 0 Å². The van der Waals surface area contributed by atoms with Crippen molar-refractivity contribution in [1.29, 1.82) is 0 Å². The Labute approximate surface area is 198 Å². The number of nitrogens with one attached hydrogen (secondary N) is 3. The lowest BCUT2D eigenvalue weighted by Crippen LogP contribution is -2.29. The largest absolute Gasteiger partial charge is 0.361 e. The van der Waals surface area contributed by atoms with Crippen LogP contribution in [-0.2, 0) is 24.2 Å². The molecule has 0 spiro atoms. The van der Waals surface area contributed by atoms with Gasteiger partial charge in [-0.15, -0.1) is 0 Å². The van der Waals surface area contributed by atoms with Crippen LogP contribution in [0.4, 0.5) is 0 Å². The number of benzene rings is 2. The molecule has 7 nitrogen and oxygen atoms in total. The number of aromatic amines is 2. The minimum atomic E-state index is -0.531. The molecule has 4 N–H and O–H groups in total. The highest BCUT2D eigenvalue weighted by molar-refractivity contribution is 5.90. The van der Waals surface area contributed by atoms with E-state index in [-0.39, 0.29) is 0 Å². The van der Waals surface area contributed by atoms with Crippen LogP contribution >= 0.6 is 0 Å². The first-order valence-corrected chi connectivity index (χ1v) is 11.6. The summed E-state index contributed by atoms with van der Waals surface area (Å²) < 4.78 is 0. The minimum absolute atomic E-state index is 0.315. The Morgan fingerprint density at radius 3 is 2.97 bits per heavy atom. The van der Waals surface area contributed by atoms with E-state index >= 15 is 0 Å². The zero-order chi connectivity index (χ0) is 23.5. The Bertz CT molecular complexity index is 1340. The molecule has 2 aromatic carbocycles. The van der Waals surface area contributed by atoms with Crippen LogP contribution in [0.2, 0.25) is 0 Å². The topological polar surface area (TPSA) is 97.0 Å². The van der Waals surface area contributed by atoms with E-state index in [0.29, 0.717) is 6.04 Å². The summed E-state index contributed by atoms with van der Waals surface area (Å²) in [6.07, 6.45) is 9.96. The second-order valence-electron chi connectivity index (χ2n) is 8.88. The van der Waals surface area contributed by atoms with Crippen LogP contribution in [-0.4, -0.2) is 37.5 Å². The van der Waals surface area contributed by atoms with Crippen LogP contribution in [0.1, 0.15) is 46.1 Å². The SMILES string of the molecule is Cc1[nH]cnc1CN(CCc1c[nH]c2ccccc12)C1CCc2cc(/C=C/C(=O)NO)ccc21. The number of para-hydroxylation sites is 1. The smallest absolute Gasteiger partial charge is 0.267 e. The first kappa shape index (κ1) is 22.1. The van der Waals surface area contributed by atoms with Gasteiger partial charge in [-0.25, -0.2) is 10.5 Å². The van der Waals surface area contributed by atoms with Gasteiger partial charge in [-0.1, -0.05) is 36.4 Å². The number of amides is 1. The van der Waals surface area contributed by atoms with E-state index in [9.17, 15) is 4.79 Å². The first-order valence-electron chi connectivity index (χ1n) is 11.6. The highest BCUT2D eigenvalue weighted by Crippen LogP contribution is 2.37. The summed E-state index contributed by atoms with van der Waals surface area (Å²) in [4.78, 5) is 25.0. The number of imidazole rings is 1. The number of aryl methyl sites for hydroxylation is 2. The van der Waals surface area contributed by atoms with Gasteiger partial charge < -0.3 is 9.97 Å². The van der Waals surface area contributed by atoms with Crippen molar-refractivity contribution in [1.82, 2.24) is 25.3 Å². The van der Waals surface area contributed by atoms with Gasteiger partial charge in [-0.2, -0.15) is 0 Å². The number of hydrogen-bond acceptors (Lipinski definition) is 4. The van der Waals surface area contributed by atoms with Crippen molar-refractivity contribution in [3.63, 3.8) is 0 Å². The molecule has 1 atom stereocenters. The maximum Gasteiger partial charge on any atom is 0.267 e. The maximum absolute atomic E-state index is 11.3. The van der Waals surface area contributed by atoms with Crippen molar-refractivity contribution in [2.45, 2.75) is 38.8 Å². The molecular formula is C27H29N5O2. The number of hydrogen-bond donors (Lipinski definition) is 4. The fourth-order valence-corrected chi connectivity index (χ4v) is 4.99. The molecule has 0 radical (unpaired) electrons. The van der Waals surface area contributed by atoms with Crippen molar-refractivity contribution < 1.29 is 10.0 Å². The molecule has 0 saturated carbocycles. The highest BCUT2D eigenvalue weighted by atomic mass is 16.5. The molecule has 1 aliphatic rings. The molecule has 2 aromatic heterocycles. The summed E-state index contributed by atoms with van der Waals surface area (Å²) in [6.45, 7) is 3.79. The van der Waals surface area contributed by atoms with Gasteiger partial charge in [-0.05, 0) is 60.6 Å². The van der Waals surface area contributed by atoms with Gasteiger partial charge >= 0.3 is 0 Å². The van der Waals surface area contributed by atoms with Gasteiger partial charge in [-0.3, -0.25) is 14.9 Å². The van der Waals surface area contributed by atoms with E-state index in [1.165, 1.54) is 33.7 Å². The van der Waals surface area contributed by atoms with Gasteiger partial charge in [0.2, 0.25) is 0 Å². The highest BCUT2D eigenvalue weighted by Gasteiger charge is 2.29. The van der Waals surface area contributed by atoms with E-state index in [1.807, 2.05) is 6.07 Å². The second kappa shape index (κ2) is 9.67. The average molecular weight is 456 g/mol. The third kappa shape index (κ3) is 4.53. The maximum atomic E-state index is 11.3. The second-order valence-corrected chi connectivity index (χ2v) is 8.88. The predicted octanol–water partition coefficient (Wildman–Crippen LogP) is 4.45. The van der Waals surface area contributed by atoms with Crippen LogP contribution in [0.15, 0.2) is 61.1 Å². The number of aromatic nitrogens is 3. The third-order valence-corrected chi connectivity index (χ3v) is 6.82. The number of fused-ring (bicyclic) bond motifs is 2. The minimum Gasteiger partial charge on any atom is -0.361 e. The molecular weight excluding hydrogens is 426 g/mol. The van der Waals surface area contributed by atoms with Gasteiger partial charge in [0.15, 0.2) is 0 Å². The fourth-order valence-electron chi connectivity index (χ4n) is 4.99. The monoisotopic (exact) mass is 455 g/mol. The average Bonchev–Trinajstić information content (AvgIpc) is 3.58. The Morgan fingerprint density at radius 2 is 2.15 bits per heavy atom. The molecule has 34 heavy (non-hydrogen) atoms. The van der Waals surface area contributed by atoms with Crippen LogP contribution < -0.4 is 5.48 Å². The third-order valence-electron chi connectivity index (χ3n) is 6.82. The molecule has 0 bridgehead atoms. The number of rotatable bonds is 8. The summed E-state index contributed by atoms with van der Waals surface area (Å²) >= 11 is 0. The lowest BCUT2D eigenvalue weighted by Gasteiger charge is -2.29. The zero-order valence-corrected chi connectivity index (χ0v) is 19.2. The Hall–Kier alpha value is -3.68. The molecule has 1 aliphatic carbocycles. The van der Waals surface area contributed by atoms with Gasteiger partial charge in [0, 0.05) is 48.0 Å². The normalized spacial score (nSPS) is 15.4. The van der Waals surface area contributed by atoms with Crippen molar-refractivity contribution in [2.75, 3.05) is 6.54 Å². The van der Waals surface area contributed by atoms with Crippen LogP contribution in [0, 0.1) is 6.92 Å². The molecule has 0 saturated heterocycles. The Morgan fingerprint density at radius 1 is 1.26 bits per heavy atom. The summed E-state index contributed by atoms with van der Waals surface area (Å²) in [5, 5.41) is 9.99. The van der Waals surface area contributed by atoms with Gasteiger partial charge in [0.25, 0.3) is 5.91 Å². The standard InChI is InChI=1S/C27H29N5O2/c1-18-25(30-17-29-18)16-32(13-12-21-15-28-24-5-3-2-4-22(21)24)26-10-8-20-14-19(6-9-23(20)26)7-11-27(33)31-34/h2-7,9,11,14-15,17,26,28,34H,8,10,12-13,16H2,1H3,(H,29,30)(H,31,33)/b11-7+. The van der Waals surface area contributed by atoms with E-state index < -0.39 is 5.91 Å². The number of carbonyl (C=O) groups excluding carboxylic acids is 1. The number of nitrogens with zero attached hydrogens (tertiary/aromatic N) is 2. The van der Waals surface area contributed by atoms with Crippen LogP contribution in [0.3, 0.4) is 0 Å². The van der Waals surface area contributed by atoms with Gasteiger partial charge in [0.05, 0.1) is 12.0 Å². The van der Waals surface area contributed by atoms with Crippen molar-refractivity contribution in [2.24, 2.45) is 0 Å². The zero-order valence-electron chi connectivity index (χ0n) is 19.2. The fraction of sp³-hybridized carbons (Fsp3) is 0.259. The number of H-pyrrole nitrogens is 2. The predicted molar refractivity (Wildman–Crippen MR) is 132 cm³/mol. The number of carbonyl (C=O) groups is 1. The van der Waals surface area contributed by atoms with Gasteiger partial charge in [0.1, 0.15) is 0 Å². The lowest BCUT2D eigenvalue weighted by atomic mass is 10.0. The summed E-state index contributed by atoms with van der Waals surface area (Å²) in [5.74, 6) is -0.531. The summed E-state index contributed by atoms with van der Waals surface area (Å²) in [7, 11) is 0. The van der Waals surface area contributed by atoms with E-state index in [0.717, 1.165) is 49.3 Å². The van der Waals surface area contributed by atoms with Crippen LogP contribution in [0.25, 0.3) is 17.0 Å². The molecule has 1 amide bonds. The molecule has 0 aliphatic heterocycles. The quantitative estimate of drug-likeness (QED) is 0.179. The summed E-state index contributed by atoms with van der Waals surface area (Å²) in [6, 6.07) is 15.1. The Balaban J connectivity index is 1.39. The molecule has 174 valence electrons. The molecule has 5 rings (SSSR count). The van der Waals surface area contributed by atoms with E-state index in [4.69, 9.17) is 5.21 Å². The Kier molecular flexibility index (Phi) is 6.29. The number of hydroxylamine groups is 1. The summed E-state index contributed by atoms with van der Waals surface area (Å²) in [5.41, 5.74) is 9.94.